The first-order valence-electron chi connectivity index (χ1n) is 13.5. The lowest BCUT2D eigenvalue weighted by atomic mass is 9.46. The van der Waals surface area contributed by atoms with E-state index in [-0.39, 0.29) is 36.5 Å². The van der Waals surface area contributed by atoms with Gasteiger partial charge in [0.1, 0.15) is 17.7 Å². The molecule has 39 heavy (non-hydrogen) atoms. The number of methoxy groups -OCH3 is 1. The maximum Gasteiger partial charge on any atom is 0.411 e. The summed E-state index contributed by atoms with van der Waals surface area (Å²) in [4.78, 5) is 25.7. The molecule has 0 spiro atoms. The summed E-state index contributed by atoms with van der Waals surface area (Å²) in [5.41, 5.74) is 0.0164. The normalized spacial score (nSPS) is 30.1. The molecule has 0 radical (unpaired) electrons. The van der Waals surface area contributed by atoms with Gasteiger partial charge in [0.2, 0.25) is 5.91 Å². The molecule has 2 aliphatic carbocycles. The highest BCUT2D eigenvalue weighted by molar-refractivity contribution is 5.84. The van der Waals surface area contributed by atoms with Gasteiger partial charge in [-0.15, -0.1) is 0 Å². The molecular formula is C30H39FN2O6. The largest absolute Gasteiger partial charge is 0.497 e. The van der Waals surface area contributed by atoms with E-state index in [9.17, 15) is 24.2 Å². The lowest BCUT2D eigenvalue weighted by Crippen LogP contribution is -2.61. The van der Waals surface area contributed by atoms with Gasteiger partial charge in [0, 0.05) is 24.1 Å². The van der Waals surface area contributed by atoms with E-state index in [1.807, 2.05) is 31.2 Å². The number of halogens is 1. The van der Waals surface area contributed by atoms with Gasteiger partial charge in [0.05, 0.1) is 19.8 Å². The van der Waals surface area contributed by atoms with Crippen LogP contribution in [0.15, 0.2) is 48.5 Å². The molecule has 2 saturated carbocycles. The summed E-state index contributed by atoms with van der Waals surface area (Å²) >= 11 is 0. The number of carbonyl (C=O) groups excluding carboxylic acids is 2. The molecule has 2 aromatic rings. The molecule has 0 bridgehead atoms. The van der Waals surface area contributed by atoms with E-state index in [2.05, 4.69) is 17.6 Å². The minimum atomic E-state index is -0.774. The Kier molecular flexibility index (Phi) is 8.81. The van der Waals surface area contributed by atoms with Crippen LogP contribution in [0.25, 0.3) is 0 Å². The summed E-state index contributed by atoms with van der Waals surface area (Å²) in [6, 6.07) is 13.0. The first-order chi connectivity index (χ1) is 18.6. The lowest BCUT2D eigenvalue weighted by Gasteiger charge is -2.60. The smallest absolute Gasteiger partial charge is 0.411 e. The predicted octanol–water partition coefficient (Wildman–Crippen LogP) is 4.64. The van der Waals surface area contributed by atoms with Crippen molar-refractivity contribution in [3.63, 3.8) is 0 Å². The van der Waals surface area contributed by atoms with Crippen LogP contribution in [0.5, 0.6) is 5.75 Å². The molecular weight excluding hydrogens is 503 g/mol. The molecule has 0 heterocycles. The third-order valence-electron chi connectivity index (χ3n) is 9.05. The van der Waals surface area contributed by atoms with E-state index >= 15 is 0 Å². The molecule has 2 amide bonds. The molecule has 2 aliphatic rings. The second-order valence-electron chi connectivity index (χ2n) is 11.4. The van der Waals surface area contributed by atoms with Crippen LogP contribution in [0, 0.1) is 28.5 Å². The van der Waals surface area contributed by atoms with Crippen LogP contribution in [-0.2, 0) is 16.1 Å². The first kappa shape index (κ1) is 28.8. The summed E-state index contributed by atoms with van der Waals surface area (Å²) in [5, 5.41) is 27.1. The number of benzene rings is 2. The monoisotopic (exact) mass is 542 g/mol. The highest BCUT2D eigenvalue weighted by Gasteiger charge is 2.60. The number of hydrogen-bond donors (Lipinski definition) is 4. The highest BCUT2D eigenvalue weighted by Crippen LogP contribution is 2.61. The maximum atomic E-state index is 13.5. The Bertz CT molecular complexity index is 1160. The lowest BCUT2D eigenvalue weighted by molar-refractivity contribution is -0.185. The Morgan fingerprint density at radius 2 is 1.85 bits per heavy atom. The maximum absolute atomic E-state index is 13.5. The highest BCUT2D eigenvalue weighted by atomic mass is 19.1. The Morgan fingerprint density at radius 3 is 2.51 bits per heavy atom. The fraction of sp³-hybridized carbons (Fsp3) is 0.533. The molecule has 2 aromatic carbocycles. The summed E-state index contributed by atoms with van der Waals surface area (Å²) in [5.74, 6) is -0.262. The van der Waals surface area contributed by atoms with E-state index in [1.165, 1.54) is 18.2 Å². The van der Waals surface area contributed by atoms with Crippen LogP contribution < -0.4 is 15.4 Å². The summed E-state index contributed by atoms with van der Waals surface area (Å²) in [6.07, 6.45) is 0.467. The predicted molar refractivity (Wildman–Crippen MR) is 145 cm³/mol. The number of ether oxygens (including phenoxy) is 2. The Labute approximate surface area is 228 Å². The van der Waals surface area contributed by atoms with Crippen molar-refractivity contribution in [3.8, 4) is 5.75 Å². The van der Waals surface area contributed by atoms with Gasteiger partial charge >= 0.3 is 6.09 Å². The SMILES string of the molecule is COc1ccc(CNC(=O)CC2C(O)CCC3C(C)(CO)C(OC(=O)Nc4cccc(F)c4)CCC23C)cc1. The van der Waals surface area contributed by atoms with E-state index in [1.54, 1.807) is 13.2 Å². The van der Waals surface area contributed by atoms with Crippen LogP contribution >= 0.6 is 0 Å². The van der Waals surface area contributed by atoms with Crippen molar-refractivity contribution < 1.29 is 33.7 Å². The quantitative estimate of drug-likeness (QED) is 0.386. The van der Waals surface area contributed by atoms with Crippen molar-refractivity contribution in [1.82, 2.24) is 5.32 Å². The van der Waals surface area contributed by atoms with Crippen molar-refractivity contribution in [3.05, 3.63) is 59.9 Å². The third-order valence-corrected chi connectivity index (χ3v) is 9.05. The van der Waals surface area contributed by atoms with Gasteiger partial charge in [0.25, 0.3) is 0 Å². The summed E-state index contributed by atoms with van der Waals surface area (Å²) in [6.45, 7) is 4.15. The fourth-order valence-electron chi connectivity index (χ4n) is 6.84. The minimum Gasteiger partial charge on any atom is -0.497 e. The van der Waals surface area contributed by atoms with Gasteiger partial charge in [0.15, 0.2) is 0 Å². The average Bonchev–Trinajstić information content (AvgIpc) is 2.91. The number of carbonyl (C=O) groups is 2. The number of amides is 2. The third kappa shape index (κ3) is 6.20. The van der Waals surface area contributed by atoms with E-state index in [4.69, 9.17) is 9.47 Å². The van der Waals surface area contributed by atoms with Gasteiger partial charge in [-0.1, -0.05) is 32.0 Å². The second-order valence-corrected chi connectivity index (χ2v) is 11.4. The van der Waals surface area contributed by atoms with Crippen molar-refractivity contribution in [2.24, 2.45) is 22.7 Å². The Hall–Kier alpha value is -3.17. The molecule has 212 valence electrons. The molecule has 6 unspecified atom stereocenters. The zero-order chi connectivity index (χ0) is 28.2. The molecule has 8 nitrogen and oxygen atoms in total. The summed E-state index contributed by atoms with van der Waals surface area (Å²) < 4.78 is 24.5. The Morgan fingerprint density at radius 1 is 1.10 bits per heavy atom. The number of aliphatic hydroxyl groups is 2. The molecule has 4 rings (SSSR count). The zero-order valence-electron chi connectivity index (χ0n) is 22.8. The topological polar surface area (TPSA) is 117 Å². The van der Waals surface area contributed by atoms with Crippen LogP contribution in [0.4, 0.5) is 14.9 Å². The summed E-state index contributed by atoms with van der Waals surface area (Å²) in [7, 11) is 1.60. The van der Waals surface area contributed by atoms with Crippen LogP contribution in [-0.4, -0.2) is 48.1 Å². The van der Waals surface area contributed by atoms with Gasteiger partial charge in [-0.2, -0.15) is 0 Å². The van der Waals surface area contributed by atoms with Crippen molar-refractivity contribution in [2.75, 3.05) is 19.0 Å². The number of nitrogens with one attached hydrogen (secondary N) is 2. The zero-order valence-corrected chi connectivity index (χ0v) is 22.8. The number of aliphatic hydroxyl groups excluding tert-OH is 2. The van der Waals surface area contributed by atoms with Gasteiger partial charge in [-0.25, -0.2) is 9.18 Å². The van der Waals surface area contributed by atoms with Crippen LogP contribution in [0.3, 0.4) is 0 Å². The number of anilines is 1. The molecule has 9 heteroatoms. The minimum absolute atomic E-state index is 0.0847. The first-order valence-corrected chi connectivity index (χ1v) is 13.5. The van der Waals surface area contributed by atoms with Crippen molar-refractivity contribution in [2.45, 2.75) is 64.7 Å². The Balaban J connectivity index is 1.43. The van der Waals surface area contributed by atoms with Gasteiger partial charge in [-0.3, -0.25) is 10.1 Å². The standard InChI is InChI=1S/C30H39FN2O6/c1-29-14-13-26(39-28(37)33-21-6-4-5-20(31)15-21)30(2,18-34)25(29)12-11-24(35)23(29)16-27(36)32-17-19-7-9-22(38-3)10-8-19/h4-10,15,23-26,34-35H,11-14,16-18H2,1-3H3,(H,32,36)(H,33,37). The number of hydrogen-bond acceptors (Lipinski definition) is 6. The molecule has 4 N–H and O–H groups in total. The fourth-order valence-corrected chi connectivity index (χ4v) is 6.84. The van der Waals surface area contributed by atoms with Crippen molar-refractivity contribution in [1.29, 1.82) is 0 Å². The molecule has 2 fully saturated rings. The van der Waals surface area contributed by atoms with Crippen LogP contribution in [0.2, 0.25) is 0 Å². The average molecular weight is 543 g/mol. The molecule has 0 aromatic heterocycles. The van der Waals surface area contributed by atoms with E-state index in [0.29, 0.717) is 32.2 Å². The van der Waals surface area contributed by atoms with E-state index < -0.39 is 34.9 Å². The molecule has 0 saturated heterocycles. The van der Waals surface area contributed by atoms with Gasteiger partial charge in [-0.05, 0) is 78.8 Å². The van der Waals surface area contributed by atoms with Gasteiger partial charge < -0.3 is 25.0 Å². The molecule has 6 atom stereocenters. The van der Waals surface area contributed by atoms with Crippen molar-refractivity contribution >= 4 is 17.7 Å². The van der Waals surface area contributed by atoms with E-state index in [0.717, 1.165) is 11.3 Å². The second kappa shape index (κ2) is 11.9. The number of rotatable bonds is 8. The number of fused-ring (bicyclic) bond motifs is 1. The molecule has 0 aliphatic heterocycles. The van der Waals surface area contributed by atoms with Crippen LogP contribution in [0.1, 0.15) is 51.5 Å².